The molecular weight excluding hydrogens is 417 g/mol. The highest BCUT2D eigenvalue weighted by Crippen LogP contribution is 2.28. The van der Waals surface area contributed by atoms with Gasteiger partial charge >= 0.3 is 0 Å². The van der Waals surface area contributed by atoms with Crippen LogP contribution in [0.15, 0.2) is 48.8 Å². The molecule has 2 aromatic carbocycles. The number of aryl methyl sites for hydroxylation is 2. The quantitative estimate of drug-likeness (QED) is 0.458. The van der Waals surface area contributed by atoms with Gasteiger partial charge in [-0.25, -0.2) is 14.4 Å². The predicted molar refractivity (Wildman–Crippen MR) is 128 cm³/mol. The lowest BCUT2D eigenvalue weighted by molar-refractivity contribution is 0.0787. The maximum atomic E-state index is 14.5. The summed E-state index contributed by atoms with van der Waals surface area (Å²) in [6, 6.07) is 13.1. The number of anilines is 1. The molecule has 1 amide bonds. The van der Waals surface area contributed by atoms with Crippen LogP contribution in [0, 0.1) is 19.7 Å². The van der Waals surface area contributed by atoms with Crippen LogP contribution in [0.3, 0.4) is 0 Å². The van der Waals surface area contributed by atoms with Crippen molar-refractivity contribution in [2.24, 2.45) is 0 Å². The first-order valence-corrected chi connectivity index (χ1v) is 11.2. The van der Waals surface area contributed by atoms with E-state index in [-0.39, 0.29) is 11.7 Å². The summed E-state index contributed by atoms with van der Waals surface area (Å²) in [5.74, 6) is 0.589. The van der Waals surface area contributed by atoms with Crippen molar-refractivity contribution >= 4 is 22.6 Å². The molecule has 0 unspecified atom stereocenters. The molecule has 6 nitrogen and oxygen atoms in total. The van der Waals surface area contributed by atoms with E-state index in [1.54, 1.807) is 0 Å². The smallest absolute Gasteiger partial charge is 0.254 e. The molecule has 1 aliphatic heterocycles. The molecule has 0 aliphatic carbocycles. The third kappa shape index (κ3) is 3.73. The topological polar surface area (TPSA) is 63.1 Å². The lowest BCUT2D eigenvalue weighted by Crippen LogP contribution is -2.22. The zero-order valence-corrected chi connectivity index (χ0v) is 19.0. The number of nitrogens with one attached hydrogen (secondary N) is 1. The molecule has 0 bridgehead atoms. The van der Waals surface area contributed by atoms with Crippen LogP contribution >= 0.6 is 0 Å². The molecule has 0 spiro atoms. The third-order valence-electron chi connectivity index (χ3n) is 6.40. The van der Waals surface area contributed by atoms with E-state index in [9.17, 15) is 9.18 Å². The third-order valence-corrected chi connectivity index (χ3v) is 6.40. The molecule has 7 heteroatoms. The Balaban J connectivity index is 1.33. The maximum absolute atomic E-state index is 14.5. The predicted octanol–water partition coefficient (Wildman–Crippen LogP) is 4.94. The SMILES string of the molecule is CCN1Cc2cc(-c3cc(NCCn4c(C)cc5c(C)ccc(F)c54)ncn3)ccc2C1=O. The van der Waals surface area contributed by atoms with Gasteiger partial charge in [0.25, 0.3) is 5.91 Å². The van der Waals surface area contributed by atoms with E-state index in [1.807, 2.05) is 66.6 Å². The van der Waals surface area contributed by atoms with E-state index < -0.39 is 0 Å². The molecule has 33 heavy (non-hydrogen) atoms. The first-order chi connectivity index (χ1) is 16.0. The Morgan fingerprint density at radius 3 is 2.76 bits per heavy atom. The van der Waals surface area contributed by atoms with Gasteiger partial charge in [0.2, 0.25) is 0 Å². The van der Waals surface area contributed by atoms with Gasteiger partial charge in [0.1, 0.15) is 18.0 Å². The molecule has 1 N–H and O–H groups in total. The summed E-state index contributed by atoms with van der Waals surface area (Å²) in [6.45, 7) is 8.53. The van der Waals surface area contributed by atoms with Crippen molar-refractivity contribution in [1.82, 2.24) is 19.4 Å². The number of nitrogens with zero attached hydrogens (tertiary/aromatic N) is 4. The number of benzene rings is 2. The lowest BCUT2D eigenvalue weighted by Gasteiger charge is -2.11. The van der Waals surface area contributed by atoms with E-state index in [2.05, 4.69) is 15.3 Å². The molecule has 4 aromatic rings. The molecule has 0 radical (unpaired) electrons. The summed E-state index contributed by atoms with van der Waals surface area (Å²) in [5.41, 5.74) is 6.28. The van der Waals surface area contributed by atoms with Crippen LogP contribution in [0.5, 0.6) is 0 Å². The number of carbonyl (C=O) groups excluding carboxylic acids is 1. The van der Waals surface area contributed by atoms with Crippen LogP contribution in [-0.2, 0) is 13.1 Å². The summed E-state index contributed by atoms with van der Waals surface area (Å²) < 4.78 is 16.5. The van der Waals surface area contributed by atoms with Crippen molar-refractivity contribution in [3.05, 3.63) is 77.0 Å². The number of amides is 1. The van der Waals surface area contributed by atoms with Gasteiger partial charge < -0.3 is 14.8 Å². The highest BCUT2D eigenvalue weighted by Gasteiger charge is 2.26. The standard InChI is InChI=1S/C26H26FN5O/c1-4-31-14-19-12-18(6-7-20(19)26(31)33)23-13-24(30-15-29-23)28-9-10-32-17(3)11-21-16(2)5-8-22(27)25(21)32/h5-8,11-13,15H,4,9-10,14H2,1-3H3,(H,28,29,30). The van der Waals surface area contributed by atoms with Gasteiger partial charge in [-0.05, 0) is 56.2 Å². The van der Waals surface area contributed by atoms with Gasteiger partial charge in [-0.1, -0.05) is 12.1 Å². The van der Waals surface area contributed by atoms with Crippen molar-refractivity contribution < 1.29 is 9.18 Å². The number of fused-ring (bicyclic) bond motifs is 2. The number of aromatic nitrogens is 3. The molecule has 5 rings (SSSR count). The number of halogens is 1. The van der Waals surface area contributed by atoms with E-state index >= 15 is 0 Å². The van der Waals surface area contributed by atoms with Crippen LogP contribution in [0.2, 0.25) is 0 Å². The van der Waals surface area contributed by atoms with Crippen molar-refractivity contribution in [3.8, 4) is 11.3 Å². The second-order valence-electron chi connectivity index (χ2n) is 8.47. The van der Waals surface area contributed by atoms with E-state index in [0.29, 0.717) is 37.5 Å². The van der Waals surface area contributed by atoms with E-state index in [0.717, 1.165) is 39.0 Å². The van der Waals surface area contributed by atoms with Crippen LogP contribution in [-0.4, -0.2) is 38.4 Å². The average Bonchev–Trinajstić information content (AvgIpc) is 3.33. The first kappa shape index (κ1) is 21.1. The molecular formula is C26H26FN5O. The van der Waals surface area contributed by atoms with Gasteiger partial charge in [-0.15, -0.1) is 0 Å². The number of rotatable bonds is 6. The van der Waals surface area contributed by atoms with Crippen molar-refractivity contribution in [1.29, 1.82) is 0 Å². The van der Waals surface area contributed by atoms with Crippen molar-refractivity contribution in [2.45, 2.75) is 33.9 Å². The van der Waals surface area contributed by atoms with Crippen LogP contribution in [0.4, 0.5) is 10.2 Å². The van der Waals surface area contributed by atoms with Gasteiger partial charge in [-0.3, -0.25) is 4.79 Å². The fraction of sp³-hybridized carbons (Fsp3) is 0.269. The Kier molecular flexibility index (Phi) is 5.32. The minimum absolute atomic E-state index is 0.0866. The summed E-state index contributed by atoms with van der Waals surface area (Å²) in [6.07, 6.45) is 1.54. The van der Waals surface area contributed by atoms with Gasteiger partial charge in [-0.2, -0.15) is 0 Å². The Morgan fingerprint density at radius 1 is 1.09 bits per heavy atom. The molecule has 1 aliphatic rings. The fourth-order valence-corrected chi connectivity index (χ4v) is 4.59. The average molecular weight is 444 g/mol. The van der Waals surface area contributed by atoms with Gasteiger partial charge in [0, 0.05) is 54.5 Å². The summed E-state index contributed by atoms with van der Waals surface area (Å²) in [4.78, 5) is 23.0. The highest BCUT2D eigenvalue weighted by molar-refractivity contribution is 5.99. The fourth-order valence-electron chi connectivity index (χ4n) is 4.59. The largest absolute Gasteiger partial charge is 0.368 e. The van der Waals surface area contributed by atoms with E-state index in [1.165, 1.54) is 12.4 Å². The van der Waals surface area contributed by atoms with E-state index in [4.69, 9.17) is 0 Å². The molecule has 3 heterocycles. The lowest BCUT2D eigenvalue weighted by atomic mass is 10.0. The summed E-state index contributed by atoms with van der Waals surface area (Å²) >= 11 is 0. The second kappa shape index (κ2) is 8.31. The molecule has 2 aromatic heterocycles. The van der Waals surface area contributed by atoms with Crippen molar-refractivity contribution in [3.63, 3.8) is 0 Å². The molecule has 0 saturated heterocycles. The van der Waals surface area contributed by atoms with Crippen LogP contribution in [0.1, 0.15) is 34.1 Å². The molecule has 0 fully saturated rings. The Hall–Kier alpha value is -3.74. The first-order valence-electron chi connectivity index (χ1n) is 11.2. The second-order valence-corrected chi connectivity index (χ2v) is 8.47. The summed E-state index contributed by atoms with van der Waals surface area (Å²) in [5, 5.41) is 4.29. The van der Waals surface area contributed by atoms with Crippen LogP contribution < -0.4 is 5.32 Å². The molecule has 0 atom stereocenters. The number of hydrogen-bond acceptors (Lipinski definition) is 4. The minimum Gasteiger partial charge on any atom is -0.368 e. The minimum atomic E-state index is -0.204. The van der Waals surface area contributed by atoms with Gasteiger partial charge in [0.05, 0.1) is 11.2 Å². The van der Waals surface area contributed by atoms with Gasteiger partial charge in [0.15, 0.2) is 0 Å². The maximum Gasteiger partial charge on any atom is 0.254 e. The Morgan fingerprint density at radius 2 is 1.94 bits per heavy atom. The zero-order valence-electron chi connectivity index (χ0n) is 19.0. The number of hydrogen-bond donors (Lipinski definition) is 1. The molecule has 168 valence electrons. The zero-order chi connectivity index (χ0) is 23.1. The number of carbonyl (C=O) groups is 1. The normalized spacial score (nSPS) is 13.1. The van der Waals surface area contributed by atoms with Crippen LogP contribution in [0.25, 0.3) is 22.2 Å². The molecule has 0 saturated carbocycles. The Labute approximate surface area is 192 Å². The Bertz CT molecular complexity index is 1380. The monoisotopic (exact) mass is 443 g/mol. The highest BCUT2D eigenvalue weighted by atomic mass is 19.1. The van der Waals surface area contributed by atoms with Crippen molar-refractivity contribution in [2.75, 3.05) is 18.4 Å². The summed E-state index contributed by atoms with van der Waals surface area (Å²) in [7, 11) is 0.